The molecular formula is C24H27N7O2S. The molecule has 1 unspecified atom stereocenters. The van der Waals surface area contributed by atoms with Crippen LogP contribution in [0.25, 0.3) is 11.1 Å². The van der Waals surface area contributed by atoms with E-state index in [0.29, 0.717) is 29.5 Å². The topological polar surface area (TPSA) is 149 Å². The fourth-order valence-electron chi connectivity index (χ4n) is 3.92. The van der Waals surface area contributed by atoms with Crippen LogP contribution in [0.3, 0.4) is 0 Å². The molecular weight excluding hydrogens is 450 g/mol. The lowest BCUT2D eigenvalue weighted by Crippen LogP contribution is -2.47. The molecule has 1 amide bonds. The number of carbonyl (C=O) groups excluding carboxylic acids is 1. The maximum Gasteiger partial charge on any atom is 0.280 e. The summed E-state index contributed by atoms with van der Waals surface area (Å²) in [5.74, 6) is 1.27. The number of aliphatic imine (C=N–C) groups is 1. The first-order valence-corrected chi connectivity index (χ1v) is 12.7. The number of benzene rings is 1. The summed E-state index contributed by atoms with van der Waals surface area (Å²) in [7, 11) is -0.876. The number of aromatic nitrogens is 3. The zero-order chi connectivity index (χ0) is 24.1. The van der Waals surface area contributed by atoms with Gasteiger partial charge in [-0.25, -0.2) is 15.0 Å². The average molecular weight is 478 g/mol. The van der Waals surface area contributed by atoms with Crippen molar-refractivity contribution in [2.45, 2.75) is 24.7 Å². The lowest BCUT2D eigenvalue weighted by Gasteiger charge is -2.41. The zero-order valence-electron chi connectivity index (χ0n) is 18.9. The normalized spacial score (nSPS) is 15.9. The highest BCUT2D eigenvalue weighted by molar-refractivity contribution is 7.84. The van der Waals surface area contributed by atoms with Gasteiger partial charge in [0.2, 0.25) is 5.95 Å². The van der Waals surface area contributed by atoms with Crippen molar-refractivity contribution in [3.05, 3.63) is 66.1 Å². The number of nitrogens with two attached hydrogens (primary N) is 2. The van der Waals surface area contributed by atoms with Crippen LogP contribution in [0.15, 0.2) is 60.0 Å². The van der Waals surface area contributed by atoms with E-state index in [-0.39, 0.29) is 5.95 Å². The van der Waals surface area contributed by atoms with Crippen molar-refractivity contribution in [3.8, 4) is 11.1 Å². The van der Waals surface area contributed by atoms with Gasteiger partial charge in [0.25, 0.3) is 5.91 Å². The van der Waals surface area contributed by atoms with Crippen LogP contribution in [0.5, 0.6) is 0 Å². The largest absolute Gasteiger partial charge is 0.386 e. The van der Waals surface area contributed by atoms with Gasteiger partial charge in [0.15, 0.2) is 0 Å². The van der Waals surface area contributed by atoms with Gasteiger partial charge in [0.05, 0.1) is 11.0 Å². The molecule has 5 N–H and O–H groups in total. The first kappa shape index (κ1) is 23.5. The molecule has 9 nitrogen and oxygen atoms in total. The standard InChI is InChI=1S/C24H27N7O2S/c1-34(33)12-11-27-20-8-5-17(13-28-20)21(32)31-22(25)24(9-2-10-24)19-6-3-16(4-7-19)18-14-29-23(26)30-15-18/h3-8,13-15H,2,9-12H2,1H3,(H,27,28)(H2,25,31,32)(H2,26,29,30). The van der Waals surface area contributed by atoms with E-state index in [4.69, 9.17) is 11.5 Å². The molecule has 176 valence electrons. The van der Waals surface area contributed by atoms with E-state index in [0.717, 1.165) is 36.0 Å². The quantitative estimate of drug-likeness (QED) is 0.331. The van der Waals surface area contributed by atoms with E-state index in [1.165, 1.54) is 6.20 Å². The minimum atomic E-state index is -0.876. The van der Waals surface area contributed by atoms with E-state index in [1.54, 1.807) is 30.8 Å². The molecule has 1 fully saturated rings. The fraction of sp³-hybridized carbons (Fsp3) is 0.292. The number of carbonyl (C=O) groups is 1. The summed E-state index contributed by atoms with van der Waals surface area (Å²) < 4.78 is 11.2. The number of nitrogen functional groups attached to an aromatic ring is 1. The predicted molar refractivity (Wildman–Crippen MR) is 135 cm³/mol. The van der Waals surface area contributed by atoms with Gasteiger partial charge in [-0.1, -0.05) is 30.7 Å². The Labute approximate surface area is 200 Å². The Balaban J connectivity index is 1.48. The van der Waals surface area contributed by atoms with E-state index in [9.17, 15) is 9.00 Å². The Bertz CT molecular complexity index is 1210. The molecule has 1 aliphatic carbocycles. The second kappa shape index (κ2) is 10.1. The summed E-state index contributed by atoms with van der Waals surface area (Å²) in [6, 6.07) is 11.4. The Morgan fingerprint density at radius 3 is 2.32 bits per heavy atom. The number of nitrogens with zero attached hydrogens (tertiary/aromatic N) is 4. The van der Waals surface area contributed by atoms with Crippen molar-refractivity contribution in [2.24, 2.45) is 10.7 Å². The smallest absolute Gasteiger partial charge is 0.280 e. The first-order chi connectivity index (χ1) is 16.4. The Kier molecular flexibility index (Phi) is 6.97. The average Bonchev–Trinajstić information content (AvgIpc) is 2.79. The highest BCUT2D eigenvalue weighted by Gasteiger charge is 2.42. The number of hydrogen-bond acceptors (Lipinski definition) is 7. The Morgan fingerprint density at radius 1 is 1.06 bits per heavy atom. The monoisotopic (exact) mass is 477 g/mol. The number of hydrogen-bond donors (Lipinski definition) is 3. The summed E-state index contributed by atoms with van der Waals surface area (Å²) in [5, 5.41) is 3.08. The van der Waals surface area contributed by atoms with Crippen molar-refractivity contribution >= 4 is 34.3 Å². The third-order valence-electron chi connectivity index (χ3n) is 6.07. The molecule has 1 aromatic carbocycles. The van der Waals surface area contributed by atoms with Gasteiger partial charge in [0, 0.05) is 53.5 Å². The number of pyridine rings is 1. The van der Waals surface area contributed by atoms with Gasteiger partial charge in [-0.3, -0.25) is 9.00 Å². The molecule has 0 spiro atoms. The van der Waals surface area contributed by atoms with Gasteiger partial charge in [-0.15, -0.1) is 0 Å². The van der Waals surface area contributed by atoms with E-state index >= 15 is 0 Å². The summed E-state index contributed by atoms with van der Waals surface area (Å²) in [4.78, 5) is 29.3. The van der Waals surface area contributed by atoms with Crippen LogP contribution in [0.4, 0.5) is 11.8 Å². The SMILES string of the molecule is CS(=O)CCNc1ccc(C(=O)N=C(N)C2(c3ccc(-c4cnc(N)nc4)cc3)CCC2)cn1. The third kappa shape index (κ3) is 5.12. The minimum Gasteiger partial charge on any atom is -0.386 e. The van der Waals surface area contributed by atoms with Crippen LogP contribution >= 0.6 is 0 Å². The van der Waals surface area contributed by atoms with Gasteiger partial charge in [0.1, 0.15) is 11.7 Å². The molecule has 3 aromatic rings. The molecule has 4 rings (SSSR count). The van der Waals surface area contributed by atoms with Crippen molar-refractivity contribution in [2.75, 3.05) is 29.6 Å². The van der Waals surface area contributed by atoms with E-state index < -0.39 is 22.1 Å². The molecule has 0 aliphatic heterocycles. The van der Waals surface area contributed by atoms with Gasteiger partial charge in [-0.2, -0.15) is 4.99 Å². The molecule has 2 aromatic heterocycles. The Morgan fingerprint density at radius 2 is 1.76 bits per heavy atom. The van der Waals surface area contributed by atoms with Crippen molar-refractivity contribution in [1.82, 2.24) is 15.0 Å². The van der Waals surface area contributed by atoms with E-state index in [1.807, 2.05) is 24.3 Å². The molecule has 2 heterocycles. The maximum atomic E-state index is 12.8. The number of amides is 1. The highest BCUT2D eigenvalue weighted by atomic mass is 32.2. The first-order valence-electron chi connectivity index (χ1n) is 10.9. The number of amidine groups is 1. The molecule has 1 aliphatic rings. The van der Waals surface area contributed by atoms with Crippen LogP contribution in [-0.2, 0) is 16.2 Å². The van der Waals surface area contributed by atoms with Crippen molar-refractivity contribution in [3.63, 3.8) is 0 Å². The van der Waals surface area contributed by atoms with Gasteiger partial charge < -0.3 is 16.8 Å². The fourth-order valence-corrected chi connectivity index (χ4v) is 4.31. The van der Waals surface area contributed by atoms with Crippen LogP contribution < -0.4 is 16.8 Å². The molecule has 0 saturated heterocycles. The van der Waals surface area contributed by atoms with Crippen LogP contribution in [0.2, 0.25) is 0 Å². The summed E-state index contributed by atoms with van der Waals surface area (Å²) in [6.07, 6.45) is 9.18. The number of rotatable bonds is 8. The van der Waals surface area contributed by atoms with Crippen LogP contribution in [-0.4, -0.2) is 49.5 Å². The minimum absolute atomic E-state index is 0.234. The van der Waals surface area contributed by atoms with Crippen molar-refractivity contribution < 1.29 is 9.00 Å². The Hall–Kier alpha value is -3.66. The number of anilines is 2. The van der Waals surface area contributed by atoms with Crippen LogP contribution in [0, 0.1) is 0 Å². The lowest BCUT2D eigenvalue weighted by molar-refractivity contribution is 0.100. The zero-order valence-corrected chi connectivity index (χ0v) is 19.7. The predicted octanol–water partition coefficient (Wildman–Crippen LogP) is 2.53. The van der Waals surface area contributed by atoms with Crippen molar-refractivity contribution in [1.29, 1.82) is 0 Å². The lowest BCUT2D eigenvalue weighted by atomic mass is 9.63. The summed E-state index contributed by atoms with van der Waals surface area (Å²) in [6.45, 7) is 0.543. The highest BCUT2D eigenvalue weighted by Crippen LogP contribution is 2.44. The molecule has 0 bridgehead atoms. The molecule has 0 radical (unpaired) electrons. The number of nitrogens with one attached hydrogen (secondary N) is 1. The van der Waals surface area contributed by atoms with Gasteiger partial charge in [-0.05, 0) is 36.1 Å². The van der Waals surface area contributed by atoms with Gasteiger partial charge >= 0.3 is 0 Å². The molecule has 1 saturated carbocycles. The molecule has 1 atom stereocenters. The molecule has 10 heteroatoms. The maximum absolute atomic E-state index is 12.8. The molecule has 34 heavy (non-hydrogen) atoms. The summed E-state index contributed by atoms with van der Waals surface area (Å²) in [5.41, 5.74) is 14.8. The van der Waals surface area contributed by atoms with Crippen LogP contribution in [0.1, 0.15) is 35.2 Å². The third-order valence-corrected chi connectivity index (χ3v) is 6.85. The second-order valence-corrected chi connectivity index (χ2v) is 9.84. The van der Waals surface area contributed by atoms with E-state index in [2.05, 4.69) is 25.3 Å². The second-order valence-electron chi connectivity index (χ2n) is 8.28. The summed E-state index contributed by atoms with van der Waals surface area (Å²) >= 11 is 0.